The lowest BCUT2D eigenvalue weighted by Gasteiger charge is -2.21. The molecule has 0 bridgehead atoms. The fourth-order valence-corrected chi connectivity index (χ4v) is 2.50. The highest BCUT2D eigenvalue weighted by molar-refractivity contribution is 5.95. The average Bonchev–Trinajstić information content (AvgIpc) is 3.02. The Morgan fingerprint density at radius 1 is 1.42 bits per heavy atom. The van der Waals surface area contributed by atoms with Gasteiger partial charge in [0.25, 0.3) is 0 Å². The first kappa shape index (κ1) is 11.8. The SMILES string of the molecule is Cc1cccc(Cn2ccnc2)c1N1CCNC1=O. The van der Waals surface area contributed by atoms with Crippen LogP contribution in [0.5, 0.6) is 0 Å². The molecule has 0 atom stereocenters. The van der Waals surface area contributed by atoms with Gasteiger partial charge in [0.05, 0.1) is 18.6 Å². The van der Waals surface area contributed by atoms with E-state index in [0.717, 1.165) is 29.9 Å². The number of aromatic nitrogens is 2. The van der Waals surface area contributed by atoms with Crippen LogP contribution in [-0.2, 0) is 6.54 Å². The van der Waals surface area contributed by atoms with Gasteiger partial charge < -0.3 is 9.88 Å². The Hall–Kier alpha value is -2.30. The molecule has 2 aromatic rings. The van der Waals surface area contributed by atoms with E-state index in [1.54, 1.807) is 12.5 Å². The smallest absolute Gasteiger partial charge is 0.322 e. The van der Waals surface area contributed by atoms with Crippen LogP contribution in [0, 0.1) is 6.92 Å². The highest BCUT2D eigenvalue weighted by atomic mass is 16.2. The van der Waals surface area contributed by atoms with E-state index in [0.29, 0.717) is 6.54 Å². The van der Waals surface area contributed by atoms with Gasteiger partial charge in [-0.1, -0.05) is 18.2 Å². The monoisotopic (exact) mass is 256 g/mol. The van der Waals surface area contributed by atoms with Crippen LogP contribution >= 0.6 is 0 Å². The van der Waals surface area contributed by atoms with E-state index in [4.69, 9.17) is 0 Å². The maximum atomic E-state index is 11.9. The van der Waals surface area contributed by atoms with E-state index in [-0.39, 0.29) is 6.03 Å². The topological polar surface area (TPSA) is 50.2 Å². The molecule has 0 saturated carbocycles. The lowest BCUT2D eigenvalue weighted by molar-refractivity contribution is 0.252. The first-order valence-electron chi connectivity index (χ1n) is 6.35. The molecule has 2 amide bonds. The number of aryl methyl sites for hydroxylation is 1. The second kappa shape index (κ2) is 4.76. The predicted octanol–water partition coefficient (Wildman–Crippen LogP) is 1.77. The summed E-state index contributed by atoms with van der Waals surface area (Å²) in [6, 6.07) is 6.12. The zero-order chi connectivity index (χ0) is 13.2. The van der Waals surface area contributed by atoms with Crippen molar-refractivity contribution in [2.45, 2.75) is 13.5 Å². The van der Waals surface area contributed by atoms with Crippen LogP contribution in [0.4, 0.5) is 10.5 Å². The van der Waals surface area contributed by atoms with Gasteiger partial charge in [-0.05, 0) is 18.1 Å². The Labute approximate surface area is 111 Å². The maximum absolute atomic E-state index is 11.9. The summed E-state index contributed by atoms with van der Waals surface area (Å²) in [5.41, 5.74) is 3.27. The van der Waals surface area contributed by atoms with Gasteiger partial charge in [0.1, 0.15) is 0 Å². The van der Waals surface area contributed by atoms with Crippen molar-refractivity contribution >= 4 is 11.7 Å². The molecule has 1 aliphatic rings. The number of urea groups is 1. The third kappa shape index (κ3) is 2.19. The lowest BCUT2D eigenvalue weighted by atomic mass is 10.1. The van der Waals surface area contributed by atoms with Gasteiger partial charge in [-0.25, -0.2) is 9.78 Å². The summed E-state index contributed by atoms with van der Waals surface area (Å²) in [5, 5.41) is 2.85. The standard InChI is InChI=1S/C14H16N4O/c1-11-3-2-4-12(9-17-7-5-15-10-17)13(11)18-8-6-16-14(18)19/h2-5,7,10H,6,8-9H2,1H3,(H,16,19). The number of rotatable bonds is 3. The second-order valence-corrected chi connectivity index (χ2v) is 4.70. The number of carbonyl (C=O) groups is 1. The van der Waals surface area contributed by atoms with Crippen LogP contribution < -0.4 is 10.2 Å². The van der Waals surface area contributed by atoms with Crippen molar-refractivity contribution in [1.82, 2.24) is 14.9 Å². The molecule has 0 radical (unpaired) electrons. The zero-order valence-electron chi connectivity index (χ0n) is 10.8. The number of para-hydroxylation sites is 1. The Kier molecular flexibility index (Phi) is 2.95. The van der Waals surface area contributed by atoms with Gasteiger partial charge in [0.15, 0.2) is 0 Å². The minimum atomic E-state index is -0.0128. The van der Waals surface area contributed by atoms with Gasteiger partial charge in [0, 0.05) is 25.5 Å². The van der Waals surface area contributed by atoms with Gasteiger partial charge in [-0.3, -0.25) is 4.90 Å². The lowest BCUT2D eigenvalue weighted by Crippen LogP contribution is -2.29. The predicted molar refractivity (Wildman–Crippen MR) is 73.3 cm³/mol. The van der Waals surface area contributed by atoms with Crippen LogP contribution in [-0.4, -0.2) is 28.7 Å². The molecule has 5 nitrogen and oxygen atoms in total. The van der Waals surface area contributed by atoms with Crippen molar-refractivity contribution in [2.24, 2.45) is 0 Å². The highest BCUT2D eigenvalue weighted by Crippen LogP contribution is 2.27. The molecule has 3 rings (SSSR count). The normalized spacial score (nSPS) is 14.8. The Morgan fingerprint density at radius 2 is 2.32 bits per heavy atom. The number of carbonyl (C=O) groups excluding carboxylic acids is 1. The molecule has 5 heteroatoms. The van der Waals surface area contributed by atoms with Crippen LogP contribution in [0.25, 0.3) is 0 Å². The van der Waals surface area contributed by atoms with Crippen molar-refractivity contribution < 1.29 is 4.79 Å². The number of hydrogen-bond donors (Lipinski definition) is 1. The number of anilines is 1. The minimum Gasteiger partial charge on any atom is -0.336 e. The van der Waals surface area contributed by atoms with Crippen LogP contribution in [0.15, 0.2) is 36.9 Å². The largest absolute Gasteiger partial charge is 0.336 e. The fourth-order valence-electron chi connectivity index (χ4n) is 2.50. The molecule has 1 fully saturated rings. The molecule has 98 valence electrons. The second-order valence-electron chi connectivity index (χ2n) is 4.70. The van der Waals surface area contributed by atoms with E-state index >= 15 is 0 Å². The van der Waals surface area contributed by atoms with E-state index in [1.165, 1.54) is 0 Å². The molecule has 2 heterocycles. The average molecular weight is 256 g/mol. The first-order chi connectivity index (χ1) is 9.25. The molecular weight excluding hydrogens is 240 g/mol. The molecular formula is C14H16N4O. The number of nitrogens with one attached hydrogen (secondary N) is 1. The number of amides is 2. The van der Waals surface area contributed by atoms with Crippen molar-refractivity contribution in [3.63, 3.8) is 0 Å². The summed E-state index contributed by atoms with van der Waals surface area (Å²) in [5.74, 6) is 0. The molecule has 1 N–H and O–H groups in total. The van der Waals surface area contributed by atoms with Crippen molar-refractivity contribution in [3.05, 3.63) is 48.0 Å². The summed E-state index contributed by atoms with van der Waals surface area (Å²) in [4.78, 5) is 17.8. The van der Waals surface area contributed by atoms with Crippen molar-refractivity contribution in [3.8, 4) is 0 Å². The molecule has 1 aromatic heterocycles. The third-order valence-corrected chi connectivity index (χ3v) is 3.36. The third-order valence-electron chi connectivity index (χ3n) is 3.36. The summed E-state index contributed by atoms with van der Waals surface area (Å²) in [6.07, 6.45) is 5.48. The molecule has 1 aromatic carbocycles. The highest BCUT2D eigenvalue weighted by Gasteiger charge is 2.24. The molecule has 1 saturated heterocycles. The summed E-state index contributed by atoms with van der Waals surface area (Å²) in [6.45, 7) is 4.19. The van der Waals surface area contributed by atoms with E-state index in [9.17, 15) is 4.79 Å². The van der Waals surface area contributed by atoms with Crippen LogP contribution in [0.2, 0.25) is 0 Å². The molecule has 19 heavy (non-hydrogen) atoms. The van der Waals surface area contributed by atoms with Crippen LogP contribution in [0.3, 0.4) is 0 Å². The molecule has 0 unspecified atom stereocenters. The first-order valence-corrected chi connectivity index (χ1v) is 6.35. The van der Waals surface area contributed by atoms with Crippen molar-refractivity contribution in [1.29, 1.82) is 0 Å². The van der Waals surface area contributed by atoms with Gasteiger partial charge in [-0.15, -0.1) is 0 Å². The summed E-state index contributed by atoms with van der Waals surface area (Å²) >= 11 is 0. The number of benzene rings is 1. The summed E-state index contributed by atoms with van der Waals surface area (Å²) < 4.78 is 2.01. The Balaban J connectivity index is 1.99. The van der Waals surface area contributed by atoms with E-state index < -0.39 is 0 Å². The fraction of sp³-hybridized carbons (Fsp3) is 0.286. The Morgan fingerprint density at radius 3 is 3.00 bits per heavy atom. The number of hydrogen-bond acceptors (Lipinski definition) is 2. The van der Waals surface area contributed by atoms with Gasteiger partial charge >= 0.3 is 6.03 Å². The Bertz CT molecular complexity index is 591. The minimum absolute atomic E-state index is 0.0128. The quantitative estimate of drug-likeness (QED) is 0.910. The van der Waals surface area contributed by atoms with Crippen molar-refractivity contribution in [2.75, 3.05) is 18.0 Å². The van der Waals surface area contributed by atoms with E-state index in [2.05, 4.69) is 16.4 Å². The number of imidazole rings is 1. The maximum Gasteiger partial charge on any atom is 0.322 e. The van der Waals surface area contributed by atoms with Gasteiger partial charge in [-0.2, -0.15) is 0 Å². The number of nitrogens with zero attached hydrogens (tertiary/aromatic N) is 3. The van der Waals surface area contributed by atoms with Crippen LogP contribution in [0.1, 0.15) is 11.1 Å². The molecule has 1 aliphatic heterocycles. The summed E-state index contributed by atoms with van der Waals surface area (Å²) in [7, 11) is 0. The molecule has 0 aliphatic carbocycles. The van der Waals surface area contributed by atoms with E-state index in [1.807, 2.05) is 34.7 Å². The van der Waals surface area contributed by atoms with Gasteiger partial charge in [0.2, 0.25) is 0 Å². The molecule has 0 spiro atoms. The zero-order valence-corrected chi connectivity index (χ0v) is 10.8.